The van der Waals surface area contributed by atoms with Crippen molar-refractivity contribution in [3.63, 3.8) is 0 Å². The Labute approximate surface area is 143 Å². The van der Waals surface area contributed by atoms with Gasteiger partial charge in [-0.1, -0.05) is 24.3 Å². The van der Waals surface area contributed by atoms with Gasteiger partial charge in [-0.05, 0) is 47.8 Å². The summed E-state index contributed by atoms with van der Waals surface area (Å²) in [4.78, 5) is 15.5. The van der Waals surface area contributed by atoms with Crippen LogP contribution in [-0.2, 0) is 4.79 Å². The van der Waals surface area contributed by atoms with Crippen molar-refractivity contribution in [2.45, 2.75) is 12.1 Å². The molecule has 1 aliphatic heterocycles. The van der Waals surface area contributed by atoms with E-state index in [0.717, 1.165) is 10.6 Å². The van der Waals surface area contributed by atoms with E-state index in [0.29, 0.717) is 5.75 Å². The van der Waals surface area contributed by atoms with Crippen molar-refractivity contribution in [3.8, 4) is 11.5 Å². The zero-order chi connectivity index (χ0) is 16.5. The van der Waals surface area contributed by atoms with Gasteiger partial charge in [0, 0.05) is 10.6 Å². The van der Waals surface area contributed by atoms with Crippen LogP contribution >= 0.6 is 11.3 Å². The quantitative estimate of drug-likeness (QED) is 0.732. The van der Waals surface area contributed by atoms with Crippen molar-refractivity contribution in [1.82, 2.24) is 0 Å². The summed E-state index contributed by atoms with van der Waals surface area (Å²) in [5, 5.41) is 11.5. The topological polar surface area (TPSA) is 49.8 Å². The Morgan fingerprint density at radius 3 is 2.38 bits per heavy atom. The average Bonchev–Trinajstić information content (AvgIpc) is 3.13. The first-order chi connectivity index (χ1) is 11.7. The minimum Gasteiger partial charge on any atom is -0.508 e. The van der Waals surface area contributed by atoms with Crippen LogP contribution in [-0.4, -0.2) is 17.1 Å². The van der Waals surface area contributed by atoms with Crippen LogP contribution in [0.3, 0.4) is 0 Å². The third-order valence-corrected chi connectivity index (χ3v) is 4.96. The van der Waals surface area contributed by atoms with Gasteiger partial charge in [0.2, 0.25) is 6.10 Å². The van der Waals surface area contributed by atoms with Gasteiger partial charge < -0.3 is 9.84 Å². The standard InChI is InChI=1S/C19H15NO3S/c21-14-10-8-13(9-11-14)20-17(16-7-4-12-24-16)18(19(20)22)23-15-5-2-1-3-6-15/h1-12,17-18,21H/t17-,18-/m0/s1. The predicted molar refractivity (Wildman–Crippen MR) is 93.5 cm³/mol. The molecule has 1 aromatic heterocycles. The molecule has 0 radical (unpaired) electrons. The maximum atomic E-state index is 12.7. The second-order valence-electron chi connectivity index (χ2n) is 5.54. The SMILES string of the molecule is O=C1[C@@H](Oc2ccccc2)[C@H](c2cccs2)N1c1ccc(O)cc1. The lowest BCUT2D eigenvalue weighted by molar-refractivity contribution is -0.134. The van der Waals surface area contributed by atoms with Crippen molar-refractivity contribution in [2.24, 2.45) is 0 Å². The average molecular weight is 337 g/mol. The van der Waals surface area contributed by atoms with E-state index in [2.05, 4.69) is 0 Å². The Balaban J connectivity index is 1.66. The second-order valence-corrected chi connectivity index (χ2v) is 6.52. The van der Waals surface area contributed by atoms with E-state index in [9.17, 15) is 9.90 Å². The van der Waals surface area contributed by atoms with Gasteiger partial charge >= 0.3 is 0 Å². The number of carbonyl (C=O) groups is 1. The molecule has 4 nitrogen and oxygen atoms in total. The molecule has 4 rings (SSSR count). The highest BCUT2D eigenvalue weighted by Crippen LogP contribution is 2.43. The summed E-state index contributed by atoms with van der Waals surface area (Å²) in [6.45, 7) is 0. The normalized spacial score (nSPS) is 19.8. The third-order valence-electron chi connectivity index (χ3n) is 4.01. The molecule has 0 aliphatic carbocycles. The van der Waals surface area contributed by atoms with Gasteiger partial charge in [-0.3, -0.25) is 9.69 Å². The number of rotatable bonds is 4. The molecule has 2 atom stereocenters. The van der Waals surface area contributed by atoms with Crippen LogP contribution < -0.4 is 9.64 Å². The summed E-state index contributed by atoms with van der Waals surface area (Å²) in [5.74, 6) is 0.780. The minimum atomic E-state index is -0.542. The van der Waals surface area contributed by atoms with Crippen molar-refractivity contribution in [1.29, 1.82) is 0 Å². The second kappa shape index (κ2) is 6.02. The Morgan fingerprint density at radius 1 is 0.958 bits per heavy atom. The maximum absolute atomic E-state index is 12.7. The molecule has 1 N–H and O–H groups in total. The molecule has 5 heteroatoms. The molecule has 0 bridgehead atoms. The van der Waals surface area contributed by atoms with Gasteiger partial charge in [-0.2, -0.15) is 0 Å². The lowest BCUT2D eigenvalue weighted by Crippen LogP contribution is -2.61. The Kier molecular flexibility index (Phi) is 3.70. The molecule has 2 heterocycles. The number of anilines is 1. The maximum Gasteiger partial charge on any atom is 0.271 e. The first-order valence-corrected chi connectivity index (χ1v) is 8.49. The van der Waals surface area contributed by atoms with Gasteiger partial charge in [0.1, 0.15) is 17.5 Å². The monoisotopic (exact) mass is 337 g/mol. The molecule has 24 heavy (non-hydrogen) atoms. The molecule has 0 saturated carbocycles. The summed E-state index contributed by atoms with van der Waals surface area (Å²) in [5.41, 5.74) is 0.754. The highest BCUT2D eigenvalue weighted by Gasteiger charge is 2.51. The summed E-state index contributed by atoms with van der Waals surface area (Å²) >= 11 is 1.60. The number of benzene rings is 2. The molecule has 1 aliphatic rings. The third kappa shape index (κ3) is 2.53. The van der Waals surface area contributed by atoms with Crippen LogP contribution in [0.1, 0.15) is 10.9 Å². The minimum absolute atomic E-state index is 0.0806. The van der Waals surface area contributed by atoms with Gasteiger partial charge in [0.15, 0.2) is 0 Å². The Morgan fingerprint density at radius 2 is 1.71 bits per heavy atom. The molecule has 1 saturated heterocycles. The van der Waals surface area contributed by atoms with Crippen LogP contribution in [0.25, 0.3) is 0 Å². The zero-order valence-corrected chi connectivity index (χ0v) is 13.5. The lowest BCUT2D eigenvalue weighted by Gasteiger charge is -2.46. The van der Waals surface area contributed by atoms with Gasteiger partial charge in [-0.15, -0.1) is 11.3 Å². The van der Waals surface area contributed by atoms with E-state index in [-0.39, 0.29) is 17.7 Å². The molecule has 1 amide bonds. The summed E-state index contributed by atoms with van der Waals surface area (Å²) in [6, 6.07) is 19.8. The number of nitrogens with zero attached hydrogens (tertiary/aromatic N) is 1. The van der Waals surface area contributed by atoms with Crippen molar-refractivity contribution >= 4 is 22.9 Å². The fraction of sp³-hybridized carbons (Fsp3) is 0.105. The molecular formula is C19H15NO3S. The largest absolute Gasteiger partial charge is 0.508 e. The Hall–Kier alpha value is -2.79. The van der Waals surface area contributed by atoms with Gasteiger partial charge in [-0.25, -0.2) is 0 Å². The van der Waals surface area contributed by atoms with E-state index in [1.807, 2.05) is 47.8 Å². The Bertz CT molecular complexity index is 831. The van der Waals surface area contributed by atoms with E-state index >= 15 is 0 Å². The van der Waals surface area contributed by atoms with E-state index in [1.165, 1.54) is 0 Å². The van der Waals surface area contributed by atoms with Crippen LogP contribution in [0, 0.1) is 0 Å². The number of hydrogen-bond donors (Lipinski definition) is 1. The van der Waals surface area contributed by atoms with Crippen molar-refractivity contribution < 1.29 is 14.6 Å². The summed E-state index contributed by atoms with van der Waals surface area (Å²) in [6.07, 6.45) is -0.542. The first-order valence-electron chi connectivity index (χ1n) is 7.61. The smallest absolute Gasteiger partial charge is 0.271 e. The predicted octanol–water partition coefficient (Wildman–Crippen LogP) is 3.99. The first kappa shape index (κ1) is 14.8. The number of phenolic OH excluding ortho intramolecular Hbond substituents is 1. The molecule has 120 valence electrons. The number of carbonyl (C=O) groups excluding carboxylic acids is 1. The molecular weight excluding hydrogens is 322 g/mol. The molecule has 0 spiro atoms. The fourth-order valence-corrected chi connectivity index (χ4v) is 3.70. The number of hydrogen-bond acceptors (Lipinski definition) is 4. The molecule has 0 unspecified atom stereocenters. The van der Waals surface area contributed by atoms with Crippen LogP contribution in [0.2, 0.25) is 0 Å². The lowest BCUT2D eigenvalue weighted by atomic mass is 9.95. The fourth-order valence-electron chi connectivity index (χ4n) is 2.86. The number of para-hydroxylation sites is 1. The molecule has 1 fully saturated rings. The summed E-state index contributed by atoms with van der Waals surface area (Å²) < 4.78 is 5.94. The van der Waals surface area contributed by atoms with E-state index in [1.54, 1.807) is 40.5 Å². The van der Waals surface area contributed by atoms with Crippen molar-refractivity contribution in [2.75, 3.05) is 4.90 Å². The number of β-lactam (4-membered cyclic amide) rings is 1. The van der Waals surface area contributed by atoms with Crippen LogP contribution in [0.15, 0.2) is 72.1 Å². The van der Waals surface area contributed by atoms with Gasteiger partial charge in [0.25, 0.3) is 5.91 Å². The number of amides is 1. The number of phenols is 1. The van der Waals surface area contributed by atoms with E-state index < -0.39 is 6.10 Å². The van der Waals surface area contributed by atoms with Gasteiger partial charge in [0.05, 0.1) is 0 Å². The zero-order valence-electron chi connectivity index (χ0n) is 12.7. The highest BCUT2D eigenvalue weighted by atomic mass is 32.1. The number of thiophene rings is 1. The number of ether oxygens (including phenoxy) is 1. The van der Waals surface area contributed by atoms with Crippen LogP contribution in [0.4, 0.5) is 5.69 Å². The summed E-state index contributed by atoms with van der Waals surface area (Å²) in [7, 11) is 0. The number of aromatic hydroxyl groups is 1. The molecule has 2 aromatic carbocycles. The highest BCUT2D eigenvalue weighted by molar-refractivity contribution is 7.10. The van der Waals surface area contributed by atoms with E-state index in [4.69, 9.17) is 4.74 Å². The van der Waals surface area contributed by atoms with Crippen LogP contribution in [0.5, 0.6) is 11.5 Å². The van der Waals surface area contributed by atoms with Crippen molar-refractivity contribution in [3.05, 3.63) is 77.0 Å². The molecule has 3 aromatic rings.